The zero-order valence-electron chi connectivity index (χ0n) is 21.4. The van der Waals surface area contributed by atoms with E-state index in [-0.39, 0.29) is 18.1 Å². The number of thiazole rings is 1. The van der Waals surface area contributed by atoms with E-state index in [0.717, 1.165) is 21.8 Å². The smallest absolute Gasteiger partial charge is 0.309 e. The topological polar surface area (TPSA) is 96.7 Å². The number of aromatic nitrogens is 1. The van der Waals surface area contributed by atoms with Crippen LogP contribution < -0.4 is 0 Å². The van der Waals surface area contributed by atoms with Crippen molar-refractivity contribution in [2.24, 2.45) is 17.3 Å². The third-order valence-corrected chi connectivity index (χ3v) is 7.44. The van der Waals surface area contributed by atoms with Gasteiger partial charge in [0.1, 0.15) is 11.9 Å². The lowest BCUT2D eigenvalue weighted by Gasteiger charge is -2.34. The Morgan fingerprint density at radius 3 is 2.53 bits per heavy atom. The first-order valence-electron chi connectivity index (χ1n) is 11.9. The van der Waals surface area contributed by atoms with Crippen molar-refractivity contribution in [3.05, 3.63) is 45.5 Å². The van der Waals surface area contributed by atoms with Gasteiger partial charge in [0.25, 0.3) is 0 Å². The molecule has 0 saturated heterocycles. The normalized spacial score (nSPS) is 32.6. The molecule has 0 aromatic carbocycles. The van der Waals surface area contributed by atoms with Gasteiger partial charge in [-0.05, 0) is 38.8 Å². The van der Waals surface area contributed by atoms with E-state index < -0.39 is 35.6 Å². The zero-order valence-corrected chi connectivity index (χ0v) is 22.2. The van der Waals surface area contributed by atoms with E-state index >= 15 is 0 Å². The molecule has 0 aliphatic carbocycles. The van der Waals surface area contributed by atoms with E-state index in [1.54, 1.807) is 32.1 Å². The van der Waals surface area contributed by atoms with Crippen molar-refractivity contribution >= 4 is 29.2 Å². The molecule has 2 rings (SSSR count). The summed E-state index contributed by atoms with van der Waals surface area (Å²) in [6.07, 6.45) is 6.13. The van der Waals surface area contributed by atoms with Crippen LogP contribution in [0.5, 0.6) is 0 Å². The van der Waals surface area contributed by atoms with Crippen LogP contribution in [-0.4, -0.2) is 45.3 Å². The summed E-state index contributed by atoms with van der Waals surface area (Å²) in [6.45, 7) is 12.6. The molecule has 0 spiro atoms. The number of aliphatic hydroxyl groups is 2. The highest BCUT2D eigenvalue weighted by Crippen LogP contribution is 2.31. The molecule has 5 atom stereocenters. The molecule has 0 amide bonds. The molecule has 0 radical (unpaired) electrons. The lowest BCUT2D eigenvalue weighted by Crippen LogP contribution is -2.45. The SMILES string of the molecule is C/C1=C/C[C@@H](/C(C)=C/c2csc(C)n2)OC(=O)C[C@H](O)C(C)(C)C(=O)[C@H](C)[C@H](O)[C@@H](C)/C=C\C1. The highest BCUT2D eigenvalue weighted by Gasteiger charge is 2.42. The van der Waals surface area contributed by atoms with Crippen molar-refractivity contribution in [3.8, 4) is 0 Å². The van der Waals surface area contributed by atoms with Gasteiger partial charge in [0, 0.05) is 23.6 Å². The number of aliphatic hydroxyl groups excluding tert-OH is 2. The summed E-state index contributed by atoms with van der Waals surface area (Å²) in [4.78, 5) is 30.4. The maximum absolute atomic E-state index is 13.1. The Bertz CT molecular complexity index is 958. The Kier molecular flexibility index (Phi) is 9.97. The van der Waals surface area contributed by atoms with Crippen LogP contribution in [0.1, 0.15) is 71.5 Å². The maximum atomic E-state index is 13.1. The summed E-state index contributed by atoms with van der Waals surface area (Å²) >= 11 is 1.56. The summed E-state index contributed by atoms with van der Waals surface area (Å²) in [5, 5.41) is 24.4. The number of aryl methyl sites for hydroxylation is 1. The number of esters is 1. The van der Waals surface area contributed by atoms with Crippen LogP contribution in [0, 0.1) is 24.2 Å². The number of Topliss-reactive ketones (excluding diaryl/α,β-unsaturated/α-hetero) is 1. The number of rotatable bonds is 2. The monoisotopic (exact) mass is 489 g/mol. The summed E-state index contributed by atoms with van der Waals surface area (Å²) in [7, 11) is 0. The number of ketones is 1. The van der Waals surface area contributed by atoms with Crippen molar-refractivity contribution in [2.75, 3.05) is 0 Å². The lowest BCUT2D eigenvalue weighted by atomic mass is 9.73. The summed E-state index contributed by atoms with van der Waals surface area (Å²) < 4.78 is 5.79. The Morgan fingerprint density at radius 1 is 1.24 bits per heavy atom. The second-order valence-corrected chi connectivity index (χ2v) is 11.1. The zero-order chi connectivity index (χ0) is 25.6. The number of nitrogens with zero attached hydrogens (tertiary/aromatic N) is 1. The lowest BCUT2D eigenvalue weighted by molar-refractivity contribution is -0.154. The molecule has 0 fully saturated rings. The van der Waals surface area contributed by atoms with Crippen LogP contribution in [0.25, 0.3) is 6.08 Å². The van der Waals surface area contributed by atoms with Gasteiger partial charge in [0.2, 0.25) is 0 Å². The number of hydrogen-bond acceptors (Lipinski definition) is 7. The van der Waals surface area contributed by atoms with Gasteiger partial charge in [-0.25, -0.2) is 4.98 Å². The van der Waals surface area contributed by atoms with E-state index in [1.807, 2.05) is 57.4 Å². The molecule has 1 aromatic rings. The second-order valence-electron chi connectivity index (χ2n) is 10.0. The van der Waals surface area contributed by atoms with Gasteiger partial charge in [-0.3, -0.25) is 9.59 Å². The van der Waals surface area contributed by atoms with Crippen LogP contribution in [-0.2, 0) is 14.3 Å². The third-order valence-electron chi connectivity index (χ3n) is 6.65. The van der Waals surface area contributed by atoms with Crippen LogP contribution in [0.3, 0.4) is 0 Å². The number of carbonyl (C=O) groups is 2. The molecule has 2 N–H and O–H groups in total. The first kappa shape index (κ1) is 28.1. The van der Waals surface area contributed by atoms with Gasteiger partial charge in [-0.1, -0.05) is 51.5 Å². The van der Waals surface area contributed by atoms with Crippen LogP contribution in [0.2, 0.25) is 0 Å². The molecular weight excluding hydrogens is 450 g/mol. The number of hydrogen-bond donors (Lipinski definition) is 2. The summed E-state index contributed by atoms with van der Waals surface area (Å²) in [6, 6.07) is 0. The molecule has 7 heteroatoms. The van der Waals surface area contributed by atoms with E-state index in [0.29, 0.717) is 12.8 Å². The predicted molar refractivity (Wildman–Crippen MR) is 136 cm³/mol. The minimum Gasteiger partial charge on any atom is -0.457 e. The minimum atomic E-state index is -1.23. The molecule has 0 saturated carbocycles. The largest absolute Gasteiger partial charge is 0.457 e. The van der Waals surface area contributed by atoms with E-state index in [2.05, 4.69) is 4.98 Å². The number of cyclic esters (lactones) is 1. The van der Waals surface area contributed by atoms with Crippen molar-refractivity contribution in [3.63, 3.8) is 0 Å². The molecule has 2 heterocycles. The number of carbonyl (C=O) groups excluding carboxylic acids is 2. The second kappa shape index (κ2) is 12.0. The molecule has 34 heavy (non-hydrogen) atoms. The van der Waals surface area contributed by atoms with Gasteiger partial charge in [0.15, 0.2) is 0 Å². The van der Waals surface area contributed by atoms with Crippen molar-refractivity contribution in [2.45, 2.75) is 86.0 Å². The molecule has 0 unspecified atom stereocenters. The molecule has 6 nitrogen and oxygen atoms in total. The molecule has 1 aliphatic rings. The summed E-state index contributed by atoms with van der Waals surface area (Å²) in [5.74, 6) is -1.77. The first-order valence-corrected chi connectivity index (χ1v) is 12.7. The van der Waals surface area contributed by atoms with Gasteiger partial charge in [-0.2, -0.15) is 0 Å². The van der Waals surface area contributed by atoms with Crippen LogP contribution in [0.4, 0.5) is 0 Å². The van der Waals surface area contributed by atoms with Gasteiger partial charge >= 0.3 is 5.97 Å². The van der Waals surface area contributed by atoms with Gasteiger partial charge in [-0.15, -0.1) is 11.3 Å². The summed E-state index contributed by atoms with van der Waals surface area (Å²) in [5.41, 5.74) is 1.57. The highest BCUT2D eigenvalue weighted by atomic mass is 32.1. The fraction of sp³-hybridized carbons (Fsp3) is 0.593. The van der Waals surface area contributed by atoms with Crippen LogP contribution in [0.15, 0.2) is 34.8 Å². The van der Waals surface area contributed by atoms with Crippen molar-refractivity contribution in [1.82, 2.24) is 4.98 Å². The van der Waals surface area contributed by atoms with E-state index in [1.165, 1.54) is 0 Å². The highest BCUT2D eigenvalue weighted by molar-refractivity contribution is 7.09. The average Bonchev–Trinajstić information content (AvgIpc) is 3.18. The predicted octanol–water partition coefficient (Wildman–Crippen LogP) is 5.04. The van der Waals surface area contributed by atoms with Crippen molar-refractivity contribution < 1.29 is 24.5 Å². The molecule has 0 bridgehead atoms. The quantitative estimate of drug-likeness (QED) is 0.446. The van der Waals surface area contributed by atoms with Gasteiger partial charge < -0.3 is 14.9 Å². The Hall–Kier alpha value is -2.09. The third kappa shape index (κ3) is 7.45. The van der Waals surface area contributed by atoms with E-state index in [4.69, 9.17) is 4.74 Å². The Labute approximate surface area is 207 Å². The molecule has 1 aliphatic heterocycles. The standard InChI is InChI=1S/C27H39NO5S/c1-16-9-8-10-17(2)25(31)19(4)26(32)27(6,7)23(29)14-24(30)33-22(12-11-16)18(3)13-21-15-34-20(5)28-21/h8,10-11,13,15,17,19,22-23,25,29,31H,9,12,14H2,1-7H3/b10-8-,16-11-,18-13+/t17-,19+,22-,23-,25+/m0/s1. The molecular formula is C27H39NO5S. The molecule has 1 aromatic heterocycles. The fourth-order valence-electron chi connectivity index (χ4n) is 4.05. The number of allylic oxidation sites excluding steroid dienone is 2. The fourth-order valence-corrected chi connectivity index (χ4v) is 4.62. The Balaban J connectivity index is 2.37. The van der Waals surface area contributed by atoms with E-state index in [9.17, 15) is 19.8 Å². The first-order chi connectivity index (χ1) is 15.8. The minimum absolute atomic E-state index is 0.225. The maximum Gasteiger partial charge on any atom is 0.309 e. The van der Waals surface area contributed by atoms with Crippen molar-refractivity contribution in [1.29, 1.82) is 0 Å². The average molecular weight is 490 g/mol. The number of ether oxygens (including phenoxy) is 1. The molecule has 188 valence electrons. The van der Waals surface area contributed by atoms with Crippen LogP contribution >= 0.6 is 11.3 Å². The van der Waals surface area contributed by atoms with Gasteiger partial charge in [0.05, 0.1) is 34.7 Å². The Morgan fingerprint density at radius 2 is 1.91 bits per heavy atom.